The van der Waals surface area contributed by atoms with Crippen LogP contribution in [0.5, 0.6) is 11.6 Å². The first kappa shape index (κ1) is 15.8. The molecule has 112 valence electrons. The Balaban J connectivity index is 2.12. The number of rotatable bonds is 6. The van der Waals surface area contributed by atoms with Crippen molar-refractivity contribution in [2.24, 2.45) is 0 Å². The molecule has 2 rings (SSSR count). The molecule has 0 unspecified atom stereocenters. The maximum Gasteiger partial charge on any atom is 0.238 e. The topological polar surface area (TPSA) is 34.2 Å². The lowest BCUT2D eigenvalue weighted by atomic mass is 10.1. The molecule has 1 aromatic heterocycles. The Kier molecular flexibility index (Phi) is 5.59. The van der Waals surface area contributed by atoms with Crippen LogP contribution in [-0.4, -0.2) is 11.5 Å². The van der Waals surface area contributed by atoms with Crippen molar-refractivity contribution < 1.29 is 4.74 Å². The SMILES string of the molecule is CCCNCc1cnc(Oc2cc(C)ccc2C)c(Cl)c1. The van der Waals surface area contributed by atoms with E-state index in [0.717, 1.165) is 42.0 Å². The first-order valence-electron chi connectivity index (χ1n) is 7.20. The van der Waals surface area contributed by atoms with Crippen LogP contribution < -0.4 is 10.1 Å². The number of aryl methyl sites for hydroxylation is 2. The number of halogens is 1. The molecule has 0 saturated carbocycles. The Morgan fingerprint density at radius 3 is 2.76 bits per heavy atom. The second-order valence-corrected chi connectivity index (χ2v) is 5.59. The van der Waals surface area contributed by atoms with Gasteiger partial charge in [0.25, 0.3) is 0 Å². The van der Waals surface area contributed by atoms with Crippen LogP contribution in [0.1, 0.15) is 30.0 Å². The first-order valence-corrected chi connectivity index (χ1v) is 7.58. The van der Waals surface area contributed by atoms with E-state index in [9.17, 15) is 0 Å². The highest BCUT2D eigenvalue weighted by atomic mass is 35.5. The number of nitrogens with zero attached hydrogens (tertiary/aromatic N) is 1. The predicted octanol–water partition coefficient (Wildman–Crippen LogP) is 4.64. The van der Waals surface area contributed by atoms with E-state index in [1.54, 1.807) is 6.20 Å². The van der Waals surface area contributed by atoms with Gasteiger partial charge in [-0.15, -0.1) is 0 Å². The summed E-state index contributed by atoms with van der Waals surface area (Å²) in [5, 5.41) is 3.86. The zero-order valence-electron chi connectivity index (χ0n) is 12.7. The Morgan fingerprint density at radius 1 is 1.24 bits per heavy atom. The highest BCUT2D eigenvalue weighted by Gasteiger charge is 2.08. The number of nitrogens with one attached hydrogen (secondary N) is 1. The normalized spacial score (nSPS) is 10.7. The number of ether oxygens (including phenoxy) is 1. The molecule has 0 fully saturated rings. The average molecular weight is 305 g/mol. The highest BCUT2D eigenvalue weighted by molar-refractivity contribution is 6.31. The zero-order valence-corrected chi connectivity index (χ0v) is 13.5. The fourth-order valence-electron chi connectivity index (χ4n) is 1.97. The van der Waals surface area contributed by atoms with Gasteiger partial charge in [-0.1, -0.05) is 30.7 Å². The van der Waals surface area contributed by atoms with Crippen LogP contribution in [-0.2, 0) is 6.54 Å². The van der Waals surface area contributed by atoms with Gasteiger partial charge in [-0.05, 0) is 55.6 Å². The second-order valence-electron chi connectivity index (χ2n) is 5.18. The van der Waals surface area contributed by atoms with Crippen molar-refractivity contribution in [2.75, 3.05) is 6.54 Å². The summed E-state index contributed by atoms with van der Waals surface area (Å²) >= 11 is 6.27. The largest absolute Gasteiger partial charge is 0.437 e. The van der Waals surface area contributed by atoms with Crippen molar-refractivity contribution in [3.8, 4) is 11.6 Å². The molecule has 0 spiro atoms. The quantitative estimate of drug-likeness (QED) is 0.789. The molecule has 0 atom stereocenters. The summed E-state index contributed by atoms with van der Waals surface area (Å²) in [4.78, 5) is 4.33. The lowest BCUT2D eigenvalue weighted by Gasteiger charge is -2.11. The molecule has 0 aliphatic carbocycles. The minimum atomic E-state index is 0.449. The molecule has 21 heavy (non-hydrogen) atoms. The van der Waals surface area contributed by atoms with E-state index in [2.05, 4.69) is 23.3 Å². The number of benzene rings is 1. The summed E-state index contributed by atoms with van der Waals surface area (Å²) in [7, 11) is 0. The third-order valence-electron chi connectivity index (χ3n) is 3.17. The minimum absolute atomic E-state index is 0.449. The van der Waals surface area contributed by atoms with Gasteiger partial charge in [-0.3, -0.25) is 0 Å². The van der Waals surface area contributed by atoms with Crippen molar-refractivity contribution in [1.29, 1.82) is 0 Å². The third-order valence-corrected chi connectivity index (χ3v) is 3.44. The van der Waals surface area contributed by atoms with Crippen LogP contribution in [0.15, 0.2) is 30.5 Å². The Labute approximate surface area is 131 Å². The Hall–Kier alpha value is -1.58. The Morgan fingerprint density at radius 2 is 2.05 bits per heavy atom. The minimum Gasteiger partial charge on any atom is -0.437 e. The molecule has 1 N–H and O–H groups in total. The van der Waals surface area contributed by atoms with Gasteiger partial charge in [-0.25, -0.2) is 4.98 Å². The molecule has 0 bridgehead atoms. The van der Waals surface area contributed by atoms with Gasteiger partial charge in [0, 0.05) is 12.7 Å². The van der Waals surface area contributed by atoms with Gasteiger partial charge in [0.15, 0.2) is 0 Å². The van der Waals surface area contributed by atoms with E-state index in [-0.39, 0.29) is 0 Å². The lowest BCUT2D eigenvalue weighted by molar-refractivity contribution is 0.458. The summed E-state index contributed by atoms with van der Waals surface area (Å²) in [6.45, 7) is 7.93. The summed E-state index contributed by atoms with van der Waals surface area (Å²) < 4.78 is 5.84. The van der Waals surface area contributed by atoms with Crippen LogP contribution in [0.2, 0.25) is 5.02 Å². The van der Waals surface area contributed by atoms with Gasteiger partial charge >= 0.3 is 0 Å². The summed E-state index contributed by atoms with van der Waals surface area (Å²) in [5.74, 6) is 1.24. The smallest absolute Gasteiger partial charge is 0.238 e. The molecule has 4 heteroatoms. The monoisotopic (exact) mass is 304 g/mol. The zero-order chi connectivity index (χ0) is 15.2. The molecule has 2 aromatic rings. The molecule has 3 nitrogen and oxygen atoms in total. The number of pyridine rings is 1. The second kappa shape index (κ2) is 7.43. The van der Waals surface area contributed by atoms with E-state index >= 15 is 0 Å². The van der Waals surface area contributed by atoms with Gasteiger partial charge in [0.1, 0.15) is 10.8 Å². The maximum atomic E-state index is 6.27. The maximum absolute atomic E-state index is 6.27. The van der Waals surface area contributed by atoms with Crippen LogP contribution >= 0.6 is 11.6 Å². The molecule has 1 heterocycles. The van der Waals surface area contributed by atoms with Crippen LogP contribution in [0.3, 0.4) is 0 Å². The van der Waals surface area contributed by atoms with Crippen molar-refractivity contribution in [2.45, 2.75) is 33.7 Å². The average Bonchev–Trinajstić information content (AvgIpc) is 2.46. The number of aromatic nitrogens is 1. The van der Waals surface area contributed by atoms with E-state index in [1.807, 2.05) is 32.0 Å². The molecular formula is C17H21ClN2O. The van der Waals surface area contributed by atoms with Gasteiger partial charge < -0.3 is 10.1 Å². The van der Waals surface area contributed by atoms with Crippen molar-refractivity contribution >= 4 is 11.6 Å². The van der Waals surface area contributed by atoms with Gasteiger partial charge in [0.05, 0.1) is 0 Å². The van der Waals surface area contributed by atoms with Crippen molar-refractivity contribution in [3.05, 3.63) is 52.2 Å². The van der Waals surface area contributed by atoms with Crippen LogP contribution in [0.4, 0.5) is 0 Å². The van der Waals surface area contributed by atoms with Crippen molar-refractivity contribution in [1.82, 2.24) is 10.3 Å². The van der Waals surface area contributed by atoms with E-state index in [4.69, 9.17) is 16.3 Å². The molecular weight excluding hydrogens is 284 g/mol. The highest BCUT2D eigenvalue weighted by Crippen LogP contribution is 2.30. The lowest BCUT2D eigenvalue weighted by Crippen LogP contribution is -2.13. The van der Waals surface area contributed by atoms with Crippen LogP contribution in [0, 0.1) is 13.8 Å². The summed E-state index contributed by atoms with van der Waals surface area (Å²) in [6.07, 6.45) is 2.91. The molecule has 0 saturated heterocycles. The molecule has 0 amide bonds. The van der Waals surface area contributed by atoms with E-state index in [0.29, 0.717) is 10.9 Å². The number of hydrogen-bond donors (Lipinski definition) is 1. The molecule has 0 aliphatic rings. The molecule has 1 aromatic carbocycles. The third kappa shape index (κ3) is 4.45. The van der Waals surface area contributed by atoms with Gasteiger partial charge in [-0.2, -0.15) is 0 Å². The van der Waals surface area contributed by atoms with Crippen molar-refractivity contribution in [3.63, 3.8) is 0 Å². The molecule has 0 radical (unpaired) electrons. The number of hydrogen-bond acceptors (Lipinski definition) is 3. The Bertz CT molecular complexity index is 614. The summed E-state index contributed by atoms with van der Waals surface area (Å²) in [5.41, 5.74) is 3.26. The standard InChI is InChI=1S/C17H21ClN2O/c1-4-7-19-10-14-9-15(18)17(20-11-14)21-16-8-12(2)5-6-13(16)3/h5-6,8-9,11,19H,4,7,10H2,1-3H3. The molecule has 0 aliphatic heterocycles. The fraction of sp³-hybridized carbons (Fsp3) is 0.353. The fourth-order valence-corrected chi connectivity index (χ4v) is 2.20. The van der Waals surface area contributed by atoms with Gasteiger partial charge in [0.2, 0.25) is 5.88 Å². The first-order chi connectivity index (χ1) is 10.1. The van der Waals surface area contributed by atoms with Crippen LogP contribution in [0.25, 0.3) is 0 Å². The predicted molar refractivity (Wildman–Crippen MR) is 87.2 cm³/mol. The summed E-state index contributed by atoms with van der Waals surface area (Å²) in [6, 6.07) is 7.98. The van der Waals surface area contributed by atoms with E-state index in [1.165, 1.54) is 0 Å². The van der Waals surface area contributed by atoms with E-state index < -0.39 is 0 Å².